The van der Waals surface area contributed by atoms with Crippen LogP contribution in [0.4, 0.5) is 5.69 Å². The summed E-state index contributed by atoms with van der Waals surface area (Å²) < 4.78 is 0.848. The molecule has 1 aliphatic rings. The Morgan fingerprint density at radius 1 is 1.48 bits per heavy atom. The highest BCUT2D eigenvalue weighted by atomic mass is 79.9. The van der Waals surface area contributed by atoms with E-state index in [-0.39, 0.29) is 11.9 Å². The van der Waals surface area contributed by atoms with Gasteiger partial charge >= 0.3 is 5.97 Å². The lowest BCUT2D eigenvalue weighted by Crippen LogP contribution is -2.35. The van der Waals surface area contributed by atoms with Gasteiger partial charge in [0.05, 0.1) is 0 Å². The first-order chi connectivity index (χ1) is 9.95. The molecule has 2 rings (SSSR count). The average molecular weight is 353 g/mol. The van der Waals surface area contributed by atoms with E-state index in [0.717, 1.165) is 41.3 Å². The minimum absolute atomic E-state index is 0.00261. The van der Waals surface area contributed by atoms with E-state index in [4.69, 9.17) is 5.11 Å². The number of carboxylic acids is 1. The van der Waals surface area contributed by atoms with Crippen molar-refractivity contribution in [2.45, 2.75) is 19.4 Å². The minimum atomic E-state index is -0.969. The molecule has 1 aliphatic heterocycles. The predicted octanol–water partition coefficient (Wildman–Crippen LogP) is 2.26. The van der Waals surface area contributed by atoms with E-state index < -0.39 is 5.97 Å². The monoisotopic (exact) mass is 352 g/mol. The summed E-state index contributed by atoms with van der Waals surface area (Å²) >= 11 is 3.46. The van der Waals surface area contributed by atoms with Crippen molar-refractivity contribution in [3.63, 3.8) is 0 Å². The highest BCUT2D eigenvalue weighted by Crippen LogP contribution is 2.27. The van der Waals surface area contributed by atoms with Crippen molar-refractivity contribution in [1.82, 2.24) is 5.32 Å². The molecule has 0 aliphatic carbocycles. The van der Waals surface area contributed by atoms with Crippen molar-refractivity contribution in [3.05, 3.63) is 34.3 Å². The van der Waals surface area contributed by atoms with Crippen molar-refractivity contribution < 1.29 is 14.7 Å². The van der Waals surface area contributed by atoms with Crippen LogP contribution in [0.3, 0.4) is 0 Å². The van der Waals surface area contributed by atoms with Crippen LogP contribution in [0.25, 0.3) is 6.08 Å². The SMILES string of the molecule is CC(=O)NC1CCN(c2ccc(/C=C/C(=O)O)c(Br)c2)C1. The number of rotatable bonds is 4. The summed E-state index contributed by atoms with van der Waals surface area (Å²) in [4.78, 5) is 23.8. The Hall–Kier alpha value is -1.82. The maximum absolute atomic E-state index is 11.1. The van der Waals surface area contributed by atoms with Gasteiger partial charge in [-0.25, -0.2) is 4.79 Å². The number of nitrogens with one attached hydrogen (secondary N) is 1. The number of aliphatic carboxylic acids is 1. The summed E-state index contributed by atoms with van der Waals surface area (Å²) in [6.45, 7) is 3.21. The summed E-state index contributed by atoms with van der Waals surface area (Å²) in [5.74, 6) is -0.971. The highest BCUT2D eigenvalue weighted by Gasteiger charge is 2.23. The number of halogens is 1. The largest absolute Gasteiger partial charge is 0.478 e. The smallest absolute Gasteiger partial charge is 0.328 e. The summed E-state index contributed by atoms with van der Waals surface area (Å²) in [7, 11) is 0. The Balaban J connectivity index is 2.07. The van der Waals surface area contributed by atoms with Crippen LogP contribution in [0.2, 0.25) is 0 Å². The topological polar surface area (TPSA) is 69.6 Å². The summed E-state index contributed by atoms with van der Waals surface area (Å²) in [5, 5.41) is 11.6. The first-order valence-electron chi connectivity index (χ1n) is 6.68. The zero-order chi connectivity index (χ0) is 15.4. The molecule has 1 aromatic carbocycles. The molecule has 1 unspecified atom stereocenters. The third-order valence-corrected chi connectivity index (χ3v) is 4.04. The third-order valence-electron chi connectivity index (χ3n) is 3.35. The average Bonchev–Trinajstić information content (AvgIpc) is 2.84. The zero-order valence-electron chi connectivity index (χ0n) is 11.7. The summed E-state index contributed by atoms with van der Waals surface area (Å²) in [6.07, 6.45) is 3.60. The van der Waals surface area contributed by atoms with Crippen molar-refractivity contribution in [2.75, 3.05) is 18.0 Å². The van der Waals surface area contributed by atoms with Crippen LogP contribution in [0, 0.1) is 0 Å². The van der Waals surface area contributed by atoms with E-state index >= 15 is 0 Å². The molecule has 1 amide bonds. The Bertz CT molecular complexity index is 586. The first-order valence-corrected chi connectivity index (χ1v) is 7.47. The molecule has 0 saturated carbocycles. The molecule has 0 bridgehead atoms. The van der Waals surface area contributed by atoms with E-state index in [1.807, 2.05) is 18.2 Å². The van der Waals surface area contributed by atoms with Crippen LogP contribution in [0.15, 0.2) is 28.7 Å². The normalized spacial score (nSPS) is 18.2. The molecule has 6 heteroatoms. The van der Waals surface area contributed by atoms with Gasteiger partial charge in [0.25, 0.3) is 0 Å². The van der Waals surface area contributed by atoms with E-state index in [9.17, 15) is 9.59 Å². The van der Waals surface area contributed by atoms with Crippen molar-refractivity contribution in [3.8, 4) is 0 Å². The Morgan fingerprint density at radius 3 is 2.86 bits per heavy atom. The molecule has 0 aromatic heterocycles. The second-order valence-electron chi connectivity index (χ2n) is 5.01. The van der Waals surface area contributed by atoms with Gasteiger partial charge in [-0.3, -0.25) is 4.79 Å². The molecule has 0 radical (unpaired) electrons. The Kier molecular flexibility index (Phi) is 5.01. The molecule has 112 valence electrons. The molecule has 2 N–H and O–H groups in total. The fourth-order valence-corrected chi connectivity index (χ4v) is 2.91. The lowest BCUT2D eigenvalue weighted by molar-refractivity contribution is -0.131. The van der Waals surface area contributed by atoms with E-state index in [1.165, 1.54) is 6.92 Å². The molecule has 1 atom stereocenters. The fourth-order valence-electron chi connectivity index (χ4n) is 2.41. The highest BCUT2D eigenvalue weighted by molar-refractivity contribution is 9.10. The number of anilines is 1. The van der Waals surface area contributed by atoms with Gasteiger partial charge in [-0.1, -0.05) is 22.0 Å². The van der Waals surface area contributed by atoms with Crippen LogP contribution >= 0.6 is 15.9 Å². The molecule has 1 aromatic rings. The molecular weight excluding hydrogens is 336 g/mol. The van der Waals surface area contributed by atoms with Gasteiger partial charge in [-0.2, -0.15) is 0 Å². The quantitative estimate of drug-likeness (QED) is 0.815. The van der Waals surface area contributed by atoms with Crippen LogP contribution in [-0.2, 0) is 9.59 Å². The maximum Gasteiger partial charge on any atom is 0.328 e. The number of carbonyl (C=O) groups is 2. The molecule has 1 heterocycles. The molecule has 5 nitrogen and oxygen atoms in total. The van der Waals surface area contributed by atoms with Gasteiger partial charge in [0.1, 0.15) is 0 Å². The van der Waals surface area contributed by atoms with E-state index in [2.05, 4.69) is 26.1 Å². The number of carboxylic acid groups (broad SMARTS) is 1. The number of hydrogen-bond acceptors (Lipinski definition) is 3. The Labute approximate surface area is 131 Å². The van der Waals surface area contributed by atoms with Gasteiger partial charge in [0.2, 0.25) is 5.91 Å². The van der Waals surface area contributed by atoms with Crippen molar-refractivity contribution in [2.24, 2.45) is 0 Å². The number of benzene rings is 1. The number of carbonyl (C=O) groups excluding carboxylic acids is 1. The number of nitrogens with zero attached hydrogens (tertiary/aromatic N) is 1. The van der Waals surface area contributed by atoms with Crippen LogP contribution in [-0.4, -0.2) is 36.1 Å². The Morgan fingerprint density at radius 2 is 2.24 bits per heavy atom. The lowest BCUT2D eigenvalue weighted by Gasteiger charge is -2.19. The van der Waals surface area contributed by atoms with Crippen LogP contribution in [0.1, 0.15) is 18.9 Å². The third kappa shape index (κ3) is 4.32. The fraction of sp³-hybridized carbons (Fsp3) is 0.333. The van der Waals surface area contributed by atoms with Gasteiger partial charge in [0, 0.05) is 42.3 Å². The number of amides is 1. The van der Waals surface area contributed by atoms with Crippen molar-refractivity contribution in [1.29, 1.82) is 0 Å². The zero-order valence-corrected chi connectivity index (χ0v) is 13.3. The molecule has 21 heavy (non-hydrogen) atoms. The summed E-state index contributed by atoms with van der Waals surface area (Å²) in [6, 6.07) is 6.00. The van der Waals surface area contributed by atoms with E-state index in [0.29, 0.717) is 0 Å². The standard InChI is InChI=1S/C15H17BrN2O3/c1-10(19)17-12-6-7-18(9-12)13-4-2-11(14(16)8-13)3-5-15(20)21/h2-5,8,12H,6-7,9H2,1H3,(H,17,19)(H,20,21)/b5-3+. The van der Waals surface area contributed by atoms with Gasteiger partial charge < -0.3 is 15.3 Å². The predicted molar refractivity (Wildman–Crippen MR) is 85.2 cm³/mol. The van der Waals surface area contributed by atoms with Crippen molar-refractivity contribution >= 4 is 39.6 Å². The molecule has 1 fully saturated rings. The van der Waals surface area contributed by atoms with Gasteiger partial charge in [-0.05, 0) is 30.2 Å². The minimum Gasteiger partial charge on any atom is -0.478 e. The number of hydrogen-bond donors (Lipinski definition) is 2. The van der Waals surface area contributed by atoms with E-state index in [1.54, 1.807) is 6.08 Å². The molecule has 1 saturated heterocycles. The van der Waals surface area contributed by atoms with Crippen LogP contribution in [0.5, 0.6) is 0 Å². The summed E-state index contributed by atoms with van der Waals surface area (Å²) in [5.41, 5.74) is 1.88. The maximum atomic E-state index is 11.1. The second kappa shape index (κ2) is 6.76. The lowest BCUT2D eigenvalue weighted by atomic mass is 10.2. The molecular formula is C15H17BrN2O3. The van der Waals surface area contributed by atoms with Crippen LogP contribution < -0.4 is 10.2 Å². The molecule has 0 spiro atoms. The second-order valence-corrected chi connectivity index (χ2v) is 5.86. The van der Waals surface area contributed by atoms with Gasteiger partial charge in [0.15, 0.2) is 0 Å². The van der Waals surface area contributed by atoms with Gasteiger partial charge in [-0.15, -0.1) is 0 Å². The first kappa shape index (κ1) is 15.6.